The summed E-state index contributed by atoms with van der Waals surface area (Å²) in [5.41, 5.74) is 3.05. The number of aromatic nitrogens is 1. The van der Waals surface area contributed by atoms with E-state index in [1.165, 1.54) is 17.8 Å². The van der Waals surface area contributed by atoms with E-state index in [4.69, 9.17) is 0 Å². The van der Waals surface area contributed by atoms with E-state index in [-0.39, 0.29) is 17.7 Å². The zero-order valence-electron chi connectivity index (χ0n) is 15.8. The van der Waals surface area contributed by atoms with Gasteiger partial charge < -0.3 is 10.6 Å². The molecule has 4 rings (SSSR count). The number of nitrogens with zero attached hydrogens (tertiary/aromatic N) is 1. The SMILES string of the molecule is Cc1ccccc1C(=O)Nc1ccc2sc(NC(=O)C3CCCCC3)nc2c1. The Labute approximate surface area is 168 Å². The van der Waals surface area contributed by atoms with Crippen LogP contribution >= 0.6 is 11.3 Å². The first kappa shape index (κ1) is 18.6. The molecule has 0 spiro atoms. The van der Waals surface area contributed by atoms with Crippen LogP contribution < -0.4 is 10.6 Å². The molecule has 0 unspecified atom stereocenters. The van der Waals surface area contributed by atoms with Crippen molar-refractivity contribution in [3.63, 3.8) is 0 Å². The lowest BCUT2D eigenvalue weighted by Gasteiger charge is -2.19. The molecule has 1 saturated carbocycles. The Morgan fingerprint density at radius 2 is 1.82 bits per heavy atom. The number of nitrogens with one attached hydrogen (secondary N) is 2. The molecule has 2 aromatic carbocycles. The predicted octanol–water partition coefficient (Wildman–Crippen LogP) is 5.38. The summed E-state index contributed by atoms with van der Waals surface area (Å²) in [6.07, 6.45) is 5.41. The maximum Gasteiger partial charge on any atom is 0.255 e. The number of carbonyl (C=O) groups excluding carboxylic acids is 2. The second kappa shape index (κ2) is 8.10. The third kappa shape index (κ3) is 4.07. The van der Waals surface area contributed by atoms with Crippen molar-refractivity contribution in [2.75, 3.05) is 10.6 Å². The van der Waals surface area contributed by atoms with E-state index in [1.54, 1.807) is 0 Å². The minimum Gasteiger partial charge on any atom is -0.322 e. The Kier molecular flexibility index (Phi) is 5.39. The summed E-state index contributed by atoms with van der Waals surface area (Å²) < 4.78 is 0.979. The lowest BCUT2D eigenvalue weighted by Crippen LogP contribution is -2.24. The maximum atomic E-state index is 12.5. The Balaban J connectivity index is 1.48. The Bertz CT molecular complexity index is 1020. The summed E-state index contributed by atoms with van der Waals surface area (Å²) in [6.45, 7) is 1.92. The number of rotatable bonds is 4. The monoisotopic (exact) mass is 393 g/mol. The molecule has 0 atom stereocenters. The van der Waals surface area contributed by atoms with Crippen molar-refractivity contribution in [1.82, 2.24) is 4.98 Å². The average Bonchev–Trinajstić information content (AvgIpc) is 3.10. The van der Waals surface area contributed by atoms with Crippen molar-refractivity contribution >= 4 is 44.2 Å². The fourth-order valence-corrected chi connectivity index (χ4v) is 4.51. The van der Waals surface area contributed by atoms with Gasteiger partial charge in [0.2, 0.25) is 5.91 Å². The first-order valence-corrected chi connectivity index (χ1v) is 10.5. The van der Waals surface area contributed by atoms with Crippen LogP contribution in [-0.4, -0.2) is 16.8 Å². The van der Waals surface area contributed by atoms with E-state index in [2.05, 4.69) is 15.6 Å². The number of hydrogen-bond acceptors (Lipinski definition) is 4. The summed E-state index contributed by atoms with van der Waals surface area (Å²) in [5.74, 6) is 0.0371. The van der Waals surface area contributed by atoms with Crippen molar-refractivity contribution in [2.24, 2.45) is 5.92 Å². The lowest BCUT2D eigenvalue weighted by molar-refractivity contribution is -0.120. The van der Waals surface area contributed by atoms with Gasteiger partial charge in [0.1, 0.15) is 0 Å². The molecule has 6 heteroatoms. The number of anilines is 2. The van der Waals surface area contributed by atoms with Crippen LogP contribution in [0.5, 0.6) is 0 Å². The van der Waals surface area contributed by atoms with Crippen LogP contribution in [0.3, 0.4) is 0 Å². The molecule has 1 aromatic heterocycles. The van der Waals surface area contributed by atoms with Gasteiger partial charge in [0, 0.05) is 17.2 Å². The molecule has 5 nitrogen and oxygen atoms in total. The fourth-order valence-electron chi connectivity index (χ4n) is 3.66. The van der Waals surface area contributed by atoms with Gasteiger partial charge in [0.25, 0.3) is 5.91 Å². The van der Waals surface area contributed by atoms with Gasteiger partial charge >= 0.3 is 0 Å². The molecule has 1 aliphatic carbocycles. The van der Waals surface area contributed by atoms with Crippen molar-refractivity contribution in [2.45, 2.75) is 39.0 Å². The van der Waals surface area contributed by atoms with Crippen LogP contribution in [0.1, 0.15) is 48.0 Å². The summed E-state index contributed by atoms with van der Waals surface area (Å²) in [5, 5.41) is 6.53. The van der Waals surface area contributed by atoms with Crippen molar-refractivity contribution in [3.05, 3.63) is 53.6 Å². The smallest absolute Gasteiger partial charge is 0.255 e. The predicted molar refractivity (Wildman–Crippen MR) is 114 cm³/mol. The highest BCUT2D eigenvalue weighted by atomic mass is 32.1. The van der Waals surface area contributed by atoms with Gasteiger partial charge in [-0.15, -0.1) is 0 Å². The second-order valence-corrected chi connectivity index (χ2v) is 8.33. The fraction of sp³-hybridized carbons (Fsp3) is 0.318. The van der Waals surface area contributed by atoms with Gasteiger partial charge in [-0.05, 0) is 49.6 Å². The highest BCUT2D eigenvalue weighted by Crippen LogP contribution is 2.30. The van der Waals surface area contributed by atoms with E-state index in [0.717, 1.165) is 41.5 Å². The van der Waals surface area contributed by atoms with E-state index in [1.807, 2.05) is 49.4 Å². The number of hydrogen-bond donors (Lipinski definition) is 2. The lowest BCUT2D eigenvalue weighted by atomic mass is 9.89. The van der Waals surface area contributed by atoms with Crippen molar-refractivity contribution in [3.8, 4) is 0 Å². The normalized spacial score (nSPS) is 14.8. The Morgan fingerprint density at radius 3 is 2.61 bits per heavy atom. The molecule has 1 fully saturated rings. The molecule has 1 heterocycles. The van der Waals surface area contributed by atoms with Gasteiger partial charge in [-0.1, -0.05) is 48.8 Å². The van der Waals surface area contributed by atoms with Crippen molar-refractivity contribution < 1.29 is 9.59 Å². The second-order valence-electron chi connectivity index (χ2n) is 7.29. The molecule has 2 amide bonds. The summed E-state index contributed by atoms with van der Waals surface area (Å²) in [4.78, 5) is 29.5. The number of benzene rings is 2. The molecule has 144 valence electrons. The van der Waals surface area contributed by atoms with Gasteiger partial charge in [0.05, 0.1) is 10.2 Å². The van der Waals surface area contributed by atoms with Crippen LogP contribution in [0.4, 0.5) is 10.8 Å². The number of carbonyl (C=O) groups is 2. The molecule has 3 aromatic rings. The van der Waals surface area contributed by atoms with Crippen molar-refractivity contribution in [1.29, 1.82) is 0 Å². The molecular formula is C22H23N3O2S. The molecule has 0 bridgehead atoms. The zero-order chi connectivity index (χ0) is 19.5. The third-order valence-corrected chi connectivity index (χ3v) is 6.19. The van der Waals surface area contributed by atoms with Gasteiger partial charge in [-0.2, -0.15) is 0 Å². The molecular weight excluding hydrogens is 370 g/mol. The number of thiazole rings is 1. The molecule has 0 aliphatic heterocycles. The average molecular weight is 394 g/mol. The molecule has 28 heavy (non-hydrogen) atoms. The molecule has 0 radical (unpaired) electrons. The summed E-state index contributed by atoms with van der Waals surface area (Å²) >= 11 is 1.46. The van der Waals surface area contributed by atoms with Crippen LogP contribution in [0.2, 0.25) is 0 Å². The largest absolute Gasteiger partial charge is 0.322 e. The van der Waals surface area contributed by atoms with Gasteiger partial charge in [-0.25, -0.2) is 4.98 Å². The zero-order valence-corrected chi connectivity index (χ0v) is 16.6. The maximum absolute atomic E-state index is 12.5. The topological polar surface area (TPSA) is 71.1 Å². The van der Waals surface area contributed by atoms with E-state index >= 15 is 0 Å². The Hall–Kier alpha value is -2.73. The molecule has 1 aliphatic rings. The minimum atomic E-state index is -0.140. The third-order valence-electron chi connectivity index (χ3n) is 5.24. The first-order valence-electron chi connectivity index (χ1n) is 9.68. The molecule has 2 N–H and O–H groups in total. The number of fused-ring (bicyclic) bond motifs is 1. The van der Waals surface area contributed by atoms with Crippen LogP contribution in [0, 0.1) is 12.8 Å². The van der Waals surface area contributed by atoms with Gasteiger partial charge in [0.15, 0.2) is 5.13 Å². The van der Waals surface area contributed by atoms with Crippen LogP contribution in [-0.2, 0) is 4.79 Å². The summed E-state index contributed by atoms with van der Waals surface area (Å²) in [6, 6.07) is 13.1. The standard InChI is InChI=1S/C22H23N3O2S/c1-14-7-5-6-10-17(14)21(27)23-16-11-12-19-18(13-16)24-22(28-19)25-20(26)15-8-3-2-4-9-15/h5-7,10-13,15H,2-4,8-9H2,1H3,(H,23,27)(H,24,25,26). The number of aryl methyl sites for hydroxylation is 1. The highest BCUT2D eigenvalue weighted by molar-refractivity contribution is 7.22. The van der Waals surface area contributed by atoms with Gasteiger partial charge in [-0.3, -0.25) is 9.59 Å². The summed E-state index contributed by atoms with van der Waals surface area (Å²) in [7, 11) is 0. The van der Waals surface area contributed by atoms with Crippen LogP contribution in [0.25, 0.3) is 10.2 Å². The Morgan fingerprint density at radius 1 is 1.04 bits per heavy atom. The van der Waals surface area contributed by atoms with E-state index in [0.29, 0.717) is 16.4 Å². The first-order chi connectivity index (χ1) is 13.6. The quantitative estimate of drug-likeness (QED) is 0.625. The highest BCUT2D eigenvalue weighted by Gasteiger charge is 2.22. The van der Waals surface area contributed by atoms with E-state index < -0.39 is 0 Å². The number of amides is 2. The minimum absolute atomic E-state index is 0.0758. The molecule has 0 saturated heterocycles. The van der Waals surface area contributed by atoms with Crippen LogP contribution in [0.15, 0.2) is 42.5 Å². The van der Waals surface area contributed by atoms with E-state index in [9.17, 15) is 9.59 Å².